The van der Waals surface area contributed by atoms with Gasteiger partial charge in [0.2, 0.25) is 0 Å². The number of esters is 1. The minimum absolute atomic E-state index is 0.188. The molecule has 2 unspecified atom stereocenters. The van der Waals surface area contributed by atoms with Crippen LogP contribution in [0, 0.1) is 5.41 Å². The number of rotatable bonds is 3. The predicted octanol–water partition coefficient (Wildman–Crippen LogP) is 1.66. The van der Waals surface area contributed by atoms with Crippen molar-refractivity contribution in [3.05, 3.63) is 10.6 Å². The highest BCUT2D eigenvalue weighted by Crippen LogP contribution is 2.34. The van der Waals surface area contributed by atoms with E-state index in [1.807, 2.05) is 0 Å². The number of hydrogen-bond donors (Lipinski definition) is 0. The van der Waals surface area contributed by atoms with Gasteiger partial charge < -0.3 is 9.53 Å². The van der Waals surface area contributed by atoms with E-state index in [2.05, 4.69) is 20.9 Å². The fourth-order valence-corrected chi connectivity index (χ4v) is 1.90. The molecule has 4 nitrogen and oxygen atoms in total. The molecule has 0 saturated carbocycles. The summed E-state index contributed by atoms with van der Waals surface area (Å²) in [7, 11) is 0. The second-order valence-corrected chi connectivity index (χ2v) is 4.24. The molecular weight excluding hydrogens is 285 g/mol. The van der Waals surface area contributed by atoms with Gasteiger partial charge in [-0.1, -0.05) is 11.6 Å². The van der Waals surface area contributed by atoms with E-state index in [0.717, 1.165) is 0 Å². The number of dihydropyridines is 1. The highest BCUT2D eigenvalue weighted by molar-refractivity contribution is 9.12. The van der Waals surface area contributed by atoms with Gasteiger partial charge in [0.1, 0.15) is 11.8 Å². The van der Waals surface area contributed by atoms with Crippen molar-refractivity contribution in [1.82, 2.24) is 0 Å². The highest BCUT2D eigenvalue weighted by atomic mass is 79.9. The van der Waals surface area contributed by atoms with Gasteiger partial charge in [-0.15, -0.1) is 0 Å². The van der Waals surface area contributed by atoms with Crippen molar-refractivity contribution >= 4 is 46.0 Å². The largest absolute Gasteiger partial charge is 0.465 e. The zero-order chi connectivity index (χ0) is 11.5. The van der Waals surface area contributed by atoms with Gasteiger partial charge in [-0.2, -0.15) is 0 Å². The van der Waals surface area contributed by atoms with Crippen LogP contribution in [-0.2, 0) is 14.3 Å². The Kier molecular flexibility index (Phi) is 4.04. The van der Waals surface area contributed by atoms with Gasteiger partial charge in [-0.25, -0.2) is 0 Å². The van der Waals surface area contributed by atoms with Crippen LogP contribution in [0.3, 0.4) is 0 Å². The third-order valence-corrected chi connectivity index (χ3v) is 2.83. The molecule has 0 aromatic carbocycles. The minimum atomic E-state index is -1.52. The summed E-state index contributed by atoms with van der Waals surface area (Å²) >= 11 is 8.98. The number of carbonyl (C=O) groups excluding carboxylic acids is 2. The quantitative estimate of drug-likeness (QED) is 0.261. The van der Waals surface area contributed by atoms with E-state index in [1.165, 1.54) is 12.3 Å². The second-order valence-electron chi connectivity index (χ2n) is 2.91. The van der Waals surface area contributed by atoms with Crippen molar-refractivity contribution in [1.29, 1.82) is 0 Å². The molecule has 2 atom stereocenters. The lowest BCUT2D eigenvalue weighted by atomic mass is 9.88. The smallest absolute Gasteiger partial charge is 0.326 e. The maximum atomic E-state index is 11.6. The molecule has 1 aliphatic rings. The van der Waals surface area contributed by atoms with Gasteiger partial charge in [0.05, 0.1) is 6.61 Å². The van der Waals surface area contributed by atoms with E-state index in [-0.39, 0.29) is 6.61 Å². The maximum Gasteiger partial charge on any atom is 0.326 e. The third-order valence-electron chi connectivity index (χ3n) is 1.92. The fraction of sp³-hybridized carbons (Fsp3) is 0.444. The van der Waals surface area contributed by atoms with Crippen molar-refractivity contribution < 1.29 is 14.3 Å². The first-order valence-corrected chi connectivity index (χ1v) is 5.49. The number of allylic oxidation sites excluding steroid dienone is 1. The first kappa shape index (κ1) is 12.4. The Bertz CT molecular complexity index is 342. The van der Waals surface area contributed by atoms with Crippen LogP contribution in [-0.4, -0.2) is 30.6 Å². The Morgan fingerprint density at radius 2 is 2.53 bits per heavy atom. The zero-order valence-electron chi connectivity index (χ0n) is 7.94. The molecule has 0 aromatic rings. The van der Waals surface area contributed by atoms with Gasteiger partial charge >= 0.3 is 5.97 Å². The molecule has 0 amide bonds. The molecule has 0 bridgehead atoms. The predicted molar refractivity (Wildman–Crippen MR) is 60.3 cm³/mol. The number of aliphatic imine (C=N–C) groups is 1. The monoisotopic (exact) mass is 293 g/mol. The van der Waals surface area contributed by atoms with Gasteiger partial charge in [0.25, 0.3) is 0 Å². The number of aldehydes is 1. The first-order valence-electron chi connectivity index (χ1n) is 4.26. The maximum absolute atomic E-state index is 11.6. The van der Waals surface area contributed by atoms with E-state index < -0.39 is 16.9 Å². The molecule has 0 radical (unpaired) electrons. The van der Waals surface area contributed by atoms with Crippen molar-refractivity contribution in [2.45, 2.75) is 12.4 Å². The Morgan fingerprint density at radius 3 is 3.07 bits per heavy atom. The summed E-state index contributed by atoms with van der Waals surface area (Å²) in [6.45, 7) is 1.84. The van der Waals surface area contributed by atoms with Gasteiger partial charge in [-0.3, -0.25) is 9.79 Å². The summed E-state index contributed by atoms with van der Waals surface area (Å²) < 4.78 is 5.33. The topological polar surface area (TPSA) is 55.7 Å². The molecule has 0 saturated heterocycles. The average molecular weight is 295 g/mol. The van der Waals surface area contributed by atoms with Crippen molar-refractivity contribution in [2.75, 3.05) is 6.61 Å². The summed E-state index contributed by atoms with van der Waals surface area (Å²) in [5, 5.41) is 0. The molecular formula is C9H9BrClNO3. The summed E-state index contributed by atoms with van der Waals surface area (Å²) in [4.78, 5) is 26.5. The Hall–Kier alpha value is -0.680. The van der Waals surface area contributed by atoms with Crippen LogP contribution in [0.2, 0.25) is 0 Å². The summed E-state index contributed by atoms with van der Waals surface area (Å²) in [5.74, 6) is -0.686. The number of ether oxygens (including phenoxy) is 1. The molecule has 1 heterocycles. The molecule has 6 heteroatoms. The van der Waals surface area contributed by atoms with E-state index in [9.17, 15) is 9.59 Å². The number of halogens is 2. The first-order chi connectivity index (χ1) is 7.06. The lowest BCUT2D eigenvalue weighted by molar-refractivity contribution is -0.153. The lowest BCUT2D eigenvalue weighted by Crippen LogP contribution is -2.41. The Morgan fingerprint density at radius 1 is 1.87 bits per heavy atom. The number of hydrogen-bond acceptors (Lipinski definition) is 4. The average Bonchev–Trinajstić information content (AvgIpc) is 2.22. The molecule has 0 N–H and O–H groups in total. The summed E-state index contributed by atoms with van der Waals surface area (Å²) in [5.41, 5.74) is -2.49. The standard InChI is InChI=1S/C9H9BrClNO3/c1-2-15-8(14)9(5-13)3-6(10)4-12-7(9)11/h3-5,7H,2H2,1H3. The number of nitrogens with zero attached hydrogens (tertiary/aromatic N) is 1. The van der Waals surface area contributed by atoms with Crippen LogP contribution < -0.4 is 0 Å². The number of carbonyl (C=O) groups is 2. The summed E-state index contributed by atoms with van der Waals surface area (Å²) in [6.07, 6.45) is 3.31. The van der Waals surface area contributed by atoms with E-state index in [4.69, 9.17) is 16.3 Å². The summed E-state index contributed by atoms with van der Waals surface area (Å²) in [6, 6.07) is 0. The molecule has 0 aromatic heterocycles. The van der Waals surface area contributed by atoms with Crippen molar-refractivity contribution in [3.8, 4) is 0 Å². The van der Waals surface area contributed by atoms with Gasteiger partial charge in [-0.05, 0) is 28.9 Å². The lowest BCUT2D eigenvalue weighted by Gasteiger charge is -2.27. The molecule has 0 aliphatic carbocycles. The van der Waals surface area contributed by atoms with Gasteiger partial charge in [0.15, 0.2) is 5.41 Å². The molecule has 1 rings (SSSR count). The van der Waals surface area contributed by atoms with Crippen LogP contribution in [0.15, 0.2) is 15.6 Å². The van der Waals surface area contributed by atoms with Crippen LogP contribution in [0.5, 0.6) is 0 Å². The number of alkyl halides is 1. The van der Waals surface area contributed by atoms with Crippen LogP contribution in [0.4, 0.5) is 0 Å². The van der Waals surface area contributed by atoms with Crippen LogP contribution in [0.1, 0.15) is 6.92 Å². The normalized spacial score (nSPS) is 29.5. The van der Waals surface area contributed by atoms with Crippen molar-refractivity contribution in [2.24, 2.45) is 10.4 Å². The Balaban J connectivity index is 3.08. The highest BCUT2D eigenvalue weighted by Gasteiger charge is 2.46. The van der Waals surface area contributed by atoms with E-state index >= 15 is 0 Å². The third kappa shape index (κ3) is 2.29. The SMILES string of the molecule is CCOC(=O)C1(C=O)C=C(Br)C=NC1Cl. The van der Waals surface area contributed by atoms with E-state index in [1.54, 1.807) is 6.92 Å². The van der Waals surface area contributed by atoms with Crippen LogP contribution in [0.25, 0.3) is 0 Å². The van der Waals surface area contributed by atoms with E-state index in [0.29, 0.717) is 10.8 Å². The Labute approximate surface area is 100 Å². The second kappa shape index (κ2) is 4.90. The molecule has 0 fully saturated rings. The molecule has 82 valence electrons. The van der Waals surface area contributed by atoms with Gasteiger partial charge in [0, 0.05) is 10.7 Å². The fourth-order valence-electron chi connectivity index (χ4n) is 1.14. The molecule has 15 heavy (non-hydrogen) atoms. The molecule has 1 aliphatic heterocycles. The van der Waals surface area contributed by atoms with Crippen molar-refractivity contribution in [3.63, 3.8) is 0 Å². The minimum Gasteiger partial charge on any atom is -0.465 e. The molecule has 0 spiro atoms. The van der Waals surface area contributed by atoms with Crippen LogP contribution >= 0.6 is 27.5 Å². The zero-order valence-corrected chi connectivity index (χ0v) is 10.3.